The van der Waals surface area contributed by atoms with Crippen molar-refractivity contribution < 1.29 is 9.15 Å². The zero-order chi connectivity index (χ0) is 16.0. The number of ether oxygens (including phenoxy) is 1. The van der Waals surface area contributed by atoms with E-state index in [0.29, 0.717) is 12.5 Å². The molecule has 0 aliphatic heterocycles. The molecule has 1 saturated carbocycles. The third-order valence-electron chi connectivity index (χ3n) is 4.75. The number of benzene rings is 1. The molecule has 0 amide bonds. The summed E-state index contributed by atoms with van der Waals surface area (Å²) in [5.74, 6) is 1.16. The Hall–Kier alpha value is -2.32. The average Bonchev–Trinajstić information content (AvgIpc) is 2.89. The number of hydrogen-bond acceptors (Lipinski definition) is 5. The van der Waals surface area contributed by atoms with E-state index in [9.17, 15) is 5.26 Å². The molecule has 2 unspecified atom stereocenters. The zero-order valence-corrected chi connectivity index (χ0v) is 13.8. The van der Waals surface area contributed by atoms with Crippen molar-refractivity contribution in [3.63, 3.8) is 0 Å². The number of furan rings is 1. The second-order valence-electron chi connectivity index (χ2n) is 6.15. The first kappa shape index (κ1) is 14.3. The van der Waals surface area contributed by atoms with E-state index >= 15 is 0 Å². The molecular formula is C18H16N2O2S. The summed E-state index contributed by atoms with van der Waals surface area (Å²) in [6.45, 7) is 4.60. The Morgan fingerprint density at radius 2 is 2.35 bits per heavy atom. The second kappa shape index (κ2) is 5.10. The molecule has 0 N–H and O–H groups in total. The molecule has 5 heteroatoms. The van der Waals surface area contributed by atoms with Gasteiger partial charge in [-0.2, -0.15) is 5.26 Å². The number of hydrogen-bond donors (Lipinski definition) is 0. The minimum absolute atomic E-state index is 0.373. The van der Waals surface area contributed by atoms with Gasteiger partial charge in [0.05, 0.1) is 33.8 Å². The van der Waals surface area contributed by atoms with Gasteiger partial charge in [0.2, 0.25) is 0 Å². The summed E-state index contributed by atoms with van der Waals surface area (Å²) in [5, 5.41) is 10.5. The lowest BCUT2D eigenvalue weighted by atomic mass is 9.95. The van der Waals surface area contributed by atoms with Crippen LogP contribution >= 0.6 is 11.3 Å². The standard InChI is InChI=1S/C18H16N2O2S/c1-11-6-18(11,9-19)15-7-22-16-4-3-13(5-14(15)16)21-8-17-12(2)20-10-23-17/h3-5,7,10-11H,6,8H2,1-2H3. The fourth-order valence-electron chi connectivity index (χ4n) is 3.07. The van der Waals surface area contributed by atoms with Gasteiger partial charge in [0.15, 0.2) is 0 Å². The fraction of sp³-hybridized carbons (Fsp3) is 0.333. The molecule has 1 aliphatic carbocycles. The second-order valence-corrected chi connectivity index (χ2v) is 7.08. The van der Waals surface area contributed by atoms with E-state index in [0.717, 1.165) is 39.3 Å². The van der Waals surface area contributed by atoms with Crippen LogP contribution in [-0.4, -0.2) is 4.98 Å². The van der Waals surface area contributed by atoms with Crippen LogP contribution in [0.15, 0.2) is 34.4 Å². The minimum atomic E-state index is -0.391. The molecule has 2 atom stereocenters. The monoisotopic (exact) mass is 324 g/mol. The lowest BCUT2D eigenvalue weighted by Crippen LogP contribution is -2.04. The van der Waals surface area contributed by atoms with Crippen molar-refractivity contribution in [2.75, 3.05) is 0 Å². The normalized spacial score (nSPS) is 22.9. The fourth-order valence-corrected chi connectivity index (χ4v) is 3.76. The van der Waals surface area contributed by atoms with Crippen molar-refractivity contribution in [2.45, 2.75) is 32.3 Å². The first-order valence-corrected chi connectivity index (χ1v) is 8.47. The number of rotatable bonds is 4. The Balaban J connectivity index is 1.65. The van der Waals surface area contributed by atoms with Gasteiger partial charge in [0, 0.05) is 10.9 Å². The summed E-state index contributed by atoms with van der Waals surface area (Å²) in [5.41, 5.74) is 4.24. The maximum Gasteiger partial charge on any atom is 0.134 e. The zero-order valence-electron chi connectivity index (χ0n) is 13.0. The number of thiazole rings is 1. The molecule has 0 spiro atoms. The van der Waals surface area contributed by atoms with Gasteiger partial charge in [-0.05, 0) is 37.5 Å². The molecule has 1 aromatic carbocycles. The smallest absolute Gasteiger partial charge is 0.134 e. The quantitative estimate of drug-likeness (QED) is 0.705. The van der Waals surface area contributed by atoms with Gasteiger partial charge in [0.25, 0.3) is 0 Å². The SMILES string of the molecule is Cc1ncsc1COc1ccc2occ(C3(C#N)CC3C)c2c1. The summed E-state index contributed by atoms with van der Waals surface area (Å²) in [4.78, 5) is 5.36. The van der Waals surface area contributed by atoms with Gasteiger partial charge in [-0.25, -0.2) is 4.98 Å². The highest BCUT2D eigenvalue weighted by molar-refractivity contribution is 7.09. The Morgan fingerprint density at radius 3 is 3.00 bits per heavy atom. The van der Waals surface area contributed by atoms with Crippen LogP contribution in [0.1, 0.15) is 29.5 Å². The number of nitrogens with zero attached hydrogens (tertiary/aromatic N) is 2. The third kappa shape index (κ3) is 2.22. The highest BCUT2D eigenvalue weighted by atomic mass is 32.1. The number of fused-ring (bicyclic) bond motifs is 1. The van der Waals surface area contributed by atoms with Crippen LogP contribution in [0.25, 0.3) is 11.0 Å². The van der Waals surface area contributed by atoms with E-state index in [2.05, 4.69) is 18.0 Å². The van der Waals surface area contributed by atoms with Gasteiger partial charge in [-0.15, -0.1) is 11.3 Å². The van der Waals surface area contributed by atoms with E-state index in [1.165, 1.54) is 0 Å². The number of aromatic nitrogens is 1. The van der Waals surface area contributed by atoms with Gasteiger partial charge in [0.1, 0.15) is 17.9 Å². The predicted molar refractivity (Wildman–Crippen MR) is 88.5 cm³/mol. The van der Waals surface area contributed by atoms with Crippen LogP contribution in [0.5, 0.6) is 5.75 Å². The maximum absolute atomic E-state index is 9.56. The Morgan fingerprint density at radius 1 is 1.52 bits per heavy atom. The van der Waals surface area contributed by atoms with Crippen molar-refractivity contribution in [3.8, 4) is 11.8 Å². The van der Waals surface area contributed by atoms with Crippen LogP contribution in [0.4, 0.5) is 0 Å². The average molecular weight is 324 g/mol. The number of aryl methyl sites for hydroxylation is 1. The maximum atomic E-state index is 9.56. The topological polar surface area (TPSA) is 59.1 Å². The van der Waals surface area contributed by atoms with Gasteiger partial charge >= 0.3 is 0 Å². The molecule has 4 rings (SSSR count). The molecule has 23 heavy (non-hydrogen) atoms. The molecule has 116 valence electrons. The van der Waals surface area contributed by atoms with Gasteiger partial charge in [-0.1, -0.05) is 6.92 Å². The third-order valence-corrected chi connectivity index (χ3v) is 5.66. The Kier molecular flexibility index (Phi) is 3.17. The van der Waals surface area contributed by atoms with Crippen LogP contribution in [-0.2, 0) is 12.0 Å². The predicted octanol–water partition coefficient (Wildman–Crippen LogP) is 4.58. The van der Waals surface area contributed by atoms with E-state index in [-0.39, 0.29) is 0 Å². The largest absolute Gasteiger partial charge is 0.488 e. The molecule has 1 fully saturated rings. The Bertz CT molecular complexity index is 921. The minimum Gasteiger partial charge on any atom is -0.488 e. The summed E-state index contributed by atoms with van der Waals surface area (Å²) in [6, 6.07) is 8.26. The summed E-state index contributed by atoms with van der Waals surface area (Å²) in [7, 11) is 0. The highest BCUT2D eigenvalue weighted by Crippen LogP contribution is 2.55. The molecule has 0 saturated heterocycles. The van der Waals surface area contributed by atoms with Crippen LogP contribution in [0.2, 0.25) is 0 Å². The molecule has 0 bridgehead atoms. The van der Waals surface area contributed by atoms with E-state index in [1.54, 1.807) is 17.6 Å². The molecule has 0 radical (unpaired) electrons. The van der Waals surface area contributed by atoms with E-state index < -0.39 is 5.41 Å². The van der Waals surface area contributed by atoms with E-state index in [4.69, 9.17) is 9.15 Å². The van der Waals surface area contributed by atoms with Crippen molar-refractivity contribution in [2.24, 2.45) is 5.92 Å². The molecule has 2 heterocycles. The van der Waals surface area contributed by atoms with Gasteiger partial charge in [-0.3, -0.25) is 0 Å². The van der Waals surface area contributed by atoms with E-state index in [1.807, 2.05) is 30.6 Å². The van der Waals surface area contributed by atoms with Crippen molar-refractivity contribution in [1.82, 2.24) is 4.98 Å². The Labute approximate surface area is 138 Å². The molecule has 2 aromatic heterocycles. The van der Waals surface area contributed by atoms with Crippen molar-refractivity contribution in [1.29, 1.82) is 5.26 Å². The molecule has 1 aliphatic rings. The number of nitriles is 1. The van der Waals surface area contributed by atoms with Crippen molar-refractivity contribution in [3.05, 3.63) is 46.1 Å². The molecule has 4 nitrogen and oxygen atoms in total. The molecular weight excluding hydrogens is 308 g/mol. The van der Waals surface area contributed by atoms with Gasteiger partial charge < -0.3 is 9.15 Å². The first-order chi connectivity index (χ1) is 11.1. The van der Waals surface area contributed by atoms with Crippen LogP contribution < -0.4 is 4.74 Å². The lowest BCUT2D eigenvalue weighted by Gasteiger charge is -2.07. The highest BCUT2D eigenvalue weighted by Gasteiger charge is 2.54. The lowest BCUT2D eigenvalue weighted by molar-refractivity contribution is 0.309. The van der Waals surface area contributed by atoms with Crippen LogP contribution in [0, 0.1) is 24.2 Å². The summed E-state index contributed by atoms with van der Waals surface area (Å²) in [6.07, 6.45) is 2.62. The van der Waals surface area contributed by atoms with Crippen molar-refractivity contribution >= 4 is 22.3 Å². The first-order valence-electron chi connectivity index (χ1n) is 7.59. The summed E-state index contributed by atoms with van der Waals surface area (Å²) < 4.78 is 11.5. The van der Waals surface area contributed by atoms with Crippen LogP contribution in [0.3, 0.4) is 0 Å². The summed E-state index contributed by atoms with van der Waals surface area (Å²) >= 11 is 1.60. The molecule has 3 aromatic rings.